The van der Waals surface area contributed by atoms with Crippen LogP contribution in [0.5, 0.6) is 11.5 Å². The van der Waals surface area contributed by atoms with Crippen LogP contribution in [0.3, 0.4) is 0 Å². The summed E-state index contributed by atoms with van der Waals surface area (Å²) in [7, 11) is 3.06. The van der Waals surface area contributed by atoms with E-state index in [1.54, 1.807) is 35.2 Å². The lowest BCUT2D eigenvalue weighted by molar-refractivity contribution is -0.117. The SMILES string of the molecule is COc1ccc(NC(=O)NCC2CC(=O)N(c3ccc(F)cc3)C2)cc1OC. The van der Waals surface area contributed by atoms with Crippen molar-refractivity contribution in [2.75, 3.05) is 37.5 Å². The molecule has 148 valence electrons. The molecule has 3 rings (SSSR count). The number of ether oxygens (including phenoxy) is 2. The first-order valence-electron chi connectivity index (χ1n) is 8.83. The summed E-state index contributed by atoms with van der Waals surface area (Å²) in [6.07, 6.45) is 0.327. The Kier molecular flexibility index (Phi) is 5.98. The molecule has 0 saturated carbocycles. The van der Waals surface area contributed by atoms with E-state index < -0.39 is 0 Å². The van der Waals surface area contributed by atoms with Crippen molar-refractivity contribution in [3.05, 3.63) is 48.3 Å². The number of benzene rings is 2. The van der Waals surface area contributed by atoms with Gasteiger partial charge in [0.2, 0.25) is 5.91 Å². The highest BCUT2D eigenvalue weighted by Gasteiger charge is 2.30. The molecule has 1 fully saturated rings. The first-order chi connectivity index (χ1) is 13.5. The van der Waals surface area contributed by atoms with E-state index in [0.717, 1.165) is 0 Å². The van der Waals surface area contributed by atoms with Gasteiger partial charge < -0.3 is 25.0 Å². The number of nitrogens with one attached hydrogen (secondary N) is 2. The van der Waals surface area contributed by atoms with Crippen LogP contribution in [0, 0.1) is 11.7 Å². The van der Waals surface area contributed by atoms with E-state index >= 15 is 0 Å². The molecular weight excluding hydrogens is 365 g/mol. The standard InChI is InChI=1S/C20H22FN3O4/c1-27-17-8-5-15(10-18(17)28-2)23-20(26)22-11-13-9-19(25)24(12-13)16-6-3-14(21)4-7-16/h3-8,10,13H,9,11-12H2,1-2H3,(H2,22,23,26). The topological polar surface area (TPSA) is 79.9 Å². The Labute approximate surface area is 162 Å². The Morgan fingerprint density at radius 3 is 2.54 bits per heavy atom. The number of urea groups is 1. The molecule has 28 heavy (non-hydrogen) atoms. The van der Waals surface area contributed by atoms with Gasteiger partial charge in [-0.25, -0.2) is 9.18 Å². The molecule has 0 bridgehead atoms. The maximum Gasteiger partial charge on any atom is 0.319 e. The normalized spacial score (nSPS) is 16.0. The summed E-state index contributed by atoms with van der Waals surface area (Å²) in [5.41, 5.74) is 1.22. The predicted molar refractivity (Wildman–Crippen MR) is 103 cm³/mol. The van der Waals surface area contributed by atoms with Crippen LogP contribution in [0.1, 0.15) is 6.42 Å². The molecule has 7 nitrogen and oxygen atoms in total. The number of carbonyl (C=O) groups is 2. The molecule has 3 amide bonds. The highest BCUT2D eigenvalue weighted by atomic mass is 19.1. The van der Waals surface area contributed by atoms with Crippen LogP contribution in [-0.4, -0.2) is 39.2 Å². The summed E-state index contributed by atoms with van der Waals surface area (Å²) >= 11 is 0. The minimum Gasteiger partial charge on any atom is -0.493 e. The number of amides is 3. The second-order valence-electron chi connectivity index (χ2n) is 6.46. The zero-order chi connectivity index (χ0) is 20.1. The van der Waals surface area contributed by atoms with Crippen molar-refractivity contribution in [2.24, 2.45) is 5.92 Å². The average molecular weight is 387 g/mol. The van der Waals surface area contributed by atoms with E-state index in [-0.39, 0.29) is 23.7 Å². The van der Waals surface area contributed by atoms with Gasteiger partial charge in [-0.15, -0.1) is 0 Å². The van der Waals surface area contributed by atoms with Crippen molar-refractivity contribution in [3.63, 3.8) is 0 Å². The molecule has 2 aromatic rings. The van der Waals surface area contributed by atoms with Gasteiger partial charge in [-0.1, -0.05) is 0 Å². The smallest absolute Gasteiger partial charge is 0.319 e. The van der Waals surface area contributed by atoms with Crippen LogP contribution in [0.25, 0.3) is 0 Å². The Morgan fingerprint density at radius 2 is 1.86 bits per heavy atom. The highest BCUT2D eigenvalue weighted by molar-refractivity contribution is 5.96. The lowest BCUT2D eigenvalue weighted by Gasteiger charge is -2.17. The third kappa shape index (κ3) is 4.51. The summed E-state index contributed by atoms with van der Waals surface area (Å²) in [6.45, 7) is 0.823. The molecule has 1 unspecified atom stereocenters. The van der Waals surface area contributed by atoms with Gasteiger partial charge in [0.15, 0.2) is 11.5 Å². The number of rotatable bonds is 6. The molecule has 2 N–H and O–H groups in total. The van der Waals surface area contributed by atoms with E-state index in [1.807, 2.05) is 0 Å². The van der Waals surface area contributed by atoms with Crippen molar-refractivity contribution in [1.29, 1.82) is 0 Å². The van der Waals surface area contributed by atoms with Gasteiger partial charge in [-0.3, -0.25) is 4.79 Å². The van der Waals surface area contributed by atoms with Gasteiger partial charge in [0.25, 0.3) is 0 Å². The molecule has 2 aromatic carbocycles. The zero-order valence-corrected chi connectivity index (χ0v) is 15.7. The van der Waals surface area contributed by atoms with Crippen LogP contribution in [0.4, 0.5) is 20.6 Å². The number of carbonyl (C=O) groups excluding carboxylic acids is 2. The number of nitrogens with zero attached hydrogens (tertiary/aromatic N) is 1. The molecule has 0 spiro atoms. The second-order valence-corrected chi connectivity index (χ2v) is 6.46. The number of halogens is 1. The maximum atomic E-state index is 13.1. The zero-order valence-electron chi connectivity index (χ0n) is 15.7. The van der Waals surface area contributed by atoms with Gasteiger partial charge in [0, 0.05) is 42.9 Å². The molecule has 0 aromatic heterocycles. The fourth-order valence-corrected chi connectivity index (χ4v) is 3.12. The van der Waals surface area contributed by atoms with Crippen LogP contribution in [0.2, 0.25) is 0 Å². The number of hydrogen-bond acceptors (Lipinski definition) is 4. The van der Waals surface area contributed by atoms with E-state index in [4.69, 9.17) is 9.47 Å². The molecule has 1 aliphatic rings. The van der Waals surface area contributed by atoms with Gasteiger partial charge in [-0.05, 0) is 36.4 Å². The minimum atomic E-state index is -0.375. The van der Waals surface area contributed by atoms with Gasteiger partial charge in [-0.2, -0.15) is 0 Å². The lowest BCUT2D eigenvalue weighted by atomic mass is 10.1. The van der Waals surface area contributed by atoms with Crippen molar-refractivity contribution < 1.29 is 23.5 Å². The Morgan fingerprint density at radius 1 is 1.14 bits per heavy atom. The van der Waals surface area contributed by atoms with Crippen molar-refractivity contribution in [3.8, 4) is 11.5 Å². The van der Waals surface area contributed by atoms with Crippen LogP contribution >= 0.6 is 0 Å². The Balaban J connectivity index is 1.52. The lowest BCUT2D eigenvalue weighted by Crippen LogP contribution is -2.34. The first-order valence-corrected chi connectivity index (χ1v) is 8.83. The fraction of sp³-hybridized carbons (Fsp3) is 0.300. The Bertz CT molecular complexity index is 857. The third-order valence-corrected chi connectivity index (χ3v) is 4.54. The molecule has 1 heterocycles. The number of anilines is 2. The molecule has 0 aliphatic carbocycles. The largest absolute Gasteiger partial charge is 0.493 e. The van der Waals surface area contributed by atoms with Crippen molar-refractivity contribution in [2.45, 2.75) is 6.42 Å². The average Bonchev–Trinajstić information content (AvgIpc) is 3.07. The van der Waals surface area contributed by atoms with E-state index in [9.17, 15) is 14.0 Å². The van der Waals surface area contributed by atoms with Gasteiger partial charge in [0.05, 0.1) is 14.2 Å². The van der Waals surface area contributed by atoms with Crippen LogP contribution in [-0.2, 0) is 4.79 Å². The Hall–Kier alpha value is -3.29. The monoisotopic (exact) mass is 387 g/mol. The molecule has 1 saturated heterocycles. The van der Waals surface area contributed by atoms with Crippen LogP contribution < -0.4 is 25.0 Å². The summed E-state index contributed by atoms with van der Waals surface area (Å²) in [4.78, 5) is 26.0. The summed E-state index contributed by atoms with van der Waals surface area (Å²) in [6, 6.07) is 10.5. The number of methoxy groups -OCH3 is 2. The molecule has 1 atom stereocenters. The second kappa shape index (κ2) is 8.60. The fourth-order valence-electron chi connectivity index (χ4n) is 3.12. The van der Waals surface area contributed by atoms with Crippen molar-refractivity contribution in [1.82, 2.24) is 5.32 Å². The molecule has 0 radical (unpaired) electrons. The summed E-state index contributed by atoms with van der Waals surface area (Å²) in [5, 5.41) is 5.51. The third-order valence-electron chi connectivity index (χ3n) is 4.54. The highest BCUT2D eigenvalue weighted by Crippen LogP contribution is 2.29. The summed E-state index contributed by atoms with van der Waals surface area (Å²) in [5.74, 6) is 0.670. The molecule has 8 heteroatoms. The first kappa shape index (κ1) is 19.5. The van der Waals surface area contributed by atoms with E-state index in [1.165, 1.54) is 26.4 Å². The van der Waals surface area contributed by atoms with Crippen molar-refractivity contribution >= 4 is 23.3 Å². The van der Waals surface area contributed by atoms with Gasteiger partial charge in [0.1, 0.15) is 5.82 Å². The van der Waals surface area contributed by atoms with E-state index in [0.29, 0.717) is 42.4 Å². The maximum absolute atomic E-state index is 13.1. The minimum absolute atomic E-state index is 0.0197. The quantitative estimate of drug-likeness (QED) is 0.799. The molecular formula is C20H22FN3O4. The van der Waals surface area contributed by atoms with Gasteiger partial charge >= 0.3 is 6.03 Å². The molecule has 1 aliphatic heterocycles. The van der Waals surface area contributed by atoms with Crippen LogP contribution in [0.15, 0.2) is 42.5 Å². The predicted octanol–water partition coefficient (Wildman–Crippen LogP) is 3.02. The van der Waals surface area contributed by atoms with E-state index in [2.05, 4.69) is 10.6 Å². The number of hydrogen-bond donors (Lipinski definition) is 2. The summed E-state index contributed by atoms with van der Waals surface area (Å²) < 4.78 is 23.4.